The predicted molar refractivity (Wildman–Crippen MR) is 67.2 cm³/mol. The van der Waals surface area contributed by atoms with Crippen LogP contribution in [0.1, 0.15) is 52.9 Å². The van der Waals surface area contributed by atoms with Crippen molar-refractivity contribution in [1.82, 2.24) is 10.2 Å². The van der Waals surface area contributed by atoms with Gasteiger partial charge in [0, 0.05) is 18.1 Å². The van der Waals surface area contributed by atoms with Crippen molar-refractivity contribution in [3.05, 3.63) is 0 Å². The lowest BCUT2D eigenvalue weighted by molar-refractivity contribution is 0.109. The Morgan fingerprint density at radius 3 is 2.60 bits per heavy atom. The average molecular weight is 212 g/mol. The normalized spacial score (nSPS) is 27.6. The van der Waals surface area contributed by atoms with E-state index in [1.807, 2.05) is 0 Å². The summed E-state index contributed by atoms with van der Waals surface area (Å²) in [6.45, 7) is 8.21. The second-order valence-corrected chi connectivity index (χ2v) is 5.14. The Labute approximate surface area is 95.4 Å². The molecule has 2 unspecified atom stereocenters. The number of rotatable bonds is 5. The fraction of sp³-hybridized carbons (Fsp3) is 1.00. The predicted octanol–water partition coefficient (Wildman–Crippen LogP) is 2.64. The average Bonchev–Trinajstić information content (AvgIpc) is 2.25. The molecule has 2 heteroatoms. The number of nitrogens with zero attached hydrogens (tertiary/aromatic N) is 1. The van der Waals surface area contributed by atoms with Crippen molar-refractivity contribution in [1.29, 1.82) is 0 Å². The Morgan fingerprint density at radius 2 is 2.07 bits per heavy atom. The quantitative estimate of drug-likeness (QED) is 0.753. The summed E-state index contributed by atoms with van der Waals surface area (Å²) in [4.78, 5) is 2.70. The van der Waals surface area contributed by atoms with Gasteiger partial charge in [-0.2, -0.15) is 0 Å². The van der Waals surface area contributed by atoms with Crippen LogP contribution in [0.4, 0.5) is 0 Å². The molecule has 0 aromatic rings. The van der Waals surface area contributed by atoms with Crippen molar-refractivity contribution >= 4 is 0 Å². The molecule has 1 aliphatic rings. The zero-order valence-electron chi connectivity index (χ0n) is 10.9. The molecule has 2 atom stereocenters. The Kier molecular flexibility index (Phi) is 5.62. The first kappa shape index (κ1) is 13.0. The van der Waals surface area contributed by atoms with Crippen LogP contribution in [0.5, 0.6) is 0 Å². The van der Waals surface area contributed by atoms with Gasteiger partial charge in [-0.1, -0.05) is 13.3 Å². The van der Waals surface area contributed by atoms with Crippen LogP contribution in [-0.2, 0) is 0 Å². The van der Waals surface area contributed by atoms with Gasteiger partial charge in [-0.25, -0.2) is 0 Å². The molecule has 0 radical (unpaired) electrons. The first-order valence-electron chi connectivity index (χ1n) is 6.62. The largest absolute Gasteiger partial charge is 0.317 e. The third-order valence-electron chi connectivity index (χ3n) is 3.67. The van der Waals surface area contributed by atoms with Gasteiger partial charge in [-0.3, -0.25) is 4.90 Å². The zero-order valence-corrected chi connectivity index (χ0v) is 10.9. The van der Waals surface area contributed by atoms with E-state index in [2.05, 4.69) is 38.0 Å². The molecule has 0 bridgehead atoms. The topological polar surface area (TPSA) is 15.3 Å². The van der Waals surface area contributed by atoms with Crippen molar-refractivity contribution in [2.24, 2.45) is 0 Å². The van der Waals surface area contributed by atoms with E-state index < -0.39 is 0 Å². The molecule has 0 aliphatic heterocycles. The van der Waals surface area contributed by atoms with E-state index in [9.17, 15) is 0 Å². The van der Waals surface area contributed by atoms with Crippen molar-refractivity contribution < 1.29 is 0 Å². The Morgan fingerprint density at radius 1 is 1.33 bits per heavy atom. The van der Waals surface area contributed by atoms with E-state index >= 15 is 0 Å². The maximum absolute atomic E-state index is 3.44. The first-order valence-corrected chi connectivity index (χ1v) is 6.62. The van der Waals surface area contributed by atoms with Crippen LogP contribution >= 0.6 is 0 Å². The third-order valence-corrected chi connectivity index (χ3v) is 3.67. The molecule has 1 rings (SSSR count). The molecular weight excluding hydrogens is 184 g/mol. The van der Waals surface area contributed by atoms with Crippen LogP contribution in [0.25, 0.3) is 0 Å². The number of nitrogens with one attached hydrogen (secondary N) is 1. The molecule has 1 saturated carbocycles. The van der Waals surface area contributed by atoms with Crippen molar-refractivity contribution in [2.75, 3.05) is 13.6 Å². The van der Waals surface area contributed by atoms with Crippen molar-refractivity contribution in [3.63, 3.8) is 0 Å². The first-order chi connectivity index (χ1) is 7.19. The van der Waals surface area contributed by atoms with E-state index in [-0.39, 0.29) is 0 Å². The minimum absolute atomic E-state index is 0.700. The van der Waals surface area contributed by atoms with Gasteiger partial charge >= 0.3 is 0 Å². The van der Waals surface area contributed by atoms with Crippen molar-refractivity contribution in [2.45, 2.75) is 71.0 Å². The van der Waals surface area contributed by atoms with Crippen LogP contribution in [-0.4, -0.2) is 36.6 Å². The minimum Gasteiger partial charge on any atom is -0.317 e. The fourth-order valence-electron chi connectivity index (χ4n) is 2.85. The highest BCUT2D eigenvalue weighted by Gasteiger charge is 2.26. The van der Waals surface area contributed by atoms with Gasteiger partial charge < -0.3 is 5.32 Å². The minimum atomic E-state index is 0.700. The standard InChI is InChI=1S/C13H28N2/c1-5-9-15(11(2)3)13-8-6-7-12(10-13)14-4/h11-14H,5-10H2,1-4H3. The molecule has 15 heavy (non-hydrogen) atoms. The smallest absolute Gasteiger partial charge is 0.0113 e. The lowest BCUT2D eigenvalue weighted by Gasteiger charge is -2.39. The van der Waals surface area contributed by atoms with Crippen LogP contribution in [0.3, 0.4) is 0 Å². The maximum Gasteiger partial charge on any atom is 0.0113 e. The van der Waals surface area contributed by atoms with Gasteiger partial charge in [0.1, 0.15) is 0 Å². The highest BCUT2D eigenvalue weighted by atomic mass is 15.2. The van der Waals surface area contributed by atoms with Gasteiger partial charge in [0.2, 0.25) is 0 Å². The Bertz CT molecular complexity index is 168. The van der Waals surface area contributed by atoms with Gasteiger partial charge in [0.25, 0.3) is 0 Å². The molecule has 1 fully saturated rings. The van der Waals surface area contributed by atoms with Gasteiger partial charge in [0.15, 0.2) is 0 Å². The van der Waals surface area contributed by atoms with Gasteiger partial charge in [0.05, 0.1) is 0 Å². The molecule has 0 aromatic heterocycles. The summed E-state index contributed by atoms with van der Waals surface area (Å²) in [7, 11) is 2.10. The fourth-order valence-corrected chi connectivity index (χ4v) is 2.85. The summed E-state index contributed by atoms with van der Waals surface area (Å²) in [5.41, 5.74) is 0. The zero-order chi connectivity index (χ0) is 11.3. The SMILES string of the molecule is CCCN(C(C)C)C1CCCC(NC)C1. The van der Waals surface area contributed by atoms with Crippen LogP contribution in [0.15, 0.2) is 0 Å². The maximum atomic E-state index is 3.44. The highest BCUT2D eigenvalue weighted by Crippen LogP contribution is 2.24. The van der Waals surface area contributed by atoms with E-state index in [0.717, 1.165) is 12.1 Å². The Hall–Kier alpha value is -0.0800. The molecule has 2 nitrogen and oxygen atoms in total. The number of hydrogen-bond donors (Lipinski definition) is 1. The molecule has 0 spiro atoms. The highest BCUT2D eigenvalue weighted by molar-refractivity contribution is 4.84. The molecule has 0 aromatic carbocycles. The molecule has 1 aliphatic carbocycles. The van der Waals surface area contributed by atoms with Gasteiger partial charge in [-0.05, 0) is 53.1 Å². The summed E-state index contributed by atoms with van der Waals surface area (Å²) < 4.78 is 0. The summed E-state index contributed by atoms with van der Waals surface area (Å²) in [5.74, 6) is 0. The van der Waals surface area contributed by atoms with Crippen LogP contribution in [0.2, 0.25) is 0 Å². The monoisotopic (exact) mass is 212 g/mol. The van der Waals surface area contributed by atoms with E-state index in [1.165, 1.54) is 38.6 Å². The van der Waals surface area contributed by atoms with E-state index in [4.69, 9.17) is 0 Å². The molecule has 0 heterocycles. The Balaban J connectivity index is 2.50. The van der Waals surface area contributed by atoms with Crippen LogP contribution < -0.4 is 5.32 Å². The molecule has 0 amide bonds. The number of hydrogen-bond acceptors (Lipinski definition) is 2. The lowest BCUT2D eigenvalue weighted by atomic mass is 9.89. The summed E-state index contributed by atoms with van der Waals surface area (Å²) in [5, 5.41) is 3.44. The second kappa shape index (κ2) is 6.49. The van der Waals surface area contributed by atoms with E-state index in [1.54, 1.807) is 0 Å². The molecular formula is C13H28N2. The molecule has 90 valence electrons. The second-order valence-electron chi connectivity index (χ2n) is 5.14. The molecule has 0 saturated heterocycles. The summed E-state index contributed by atoms with van der Waals surface area (Å²) >= 11 is 0. The summed E-state index contributed by atoms with van der Waals surface area (Å²) in [6, 6.07) is 2.27. The van der Waals surface area contributed by atoms with Gasteiger partial charge in [-0.15, -0.1) is 0 Å². The van der Waals surface area contributed by atoms with E-state index in [0.29, 0.717) is 6.04 Å². The van der Waals surface area contributed by atoms with Crippen LogP contribution in [0, 0.1) is 0 Å². The van der Waals surface area contributed by atoms with Crippen molar-refractivity contribution in [3.8, 4) is 0 Å². The lowest BCUT2D eigenvalue weighted by Crippen LogP contribution is -2.46. The molecule has 1 N–H and O–H groups in total. The third kappa shape index (κ3) is 3.76. The summed E-state index contributed by atoms with van der Waals surface area (Å²) in [6.07, 6.45) is 6.78.